The lowest BCUT2D eigenvalue weighted by Crippen LogP contribution is -2.38. The molecule has 5 amide bonds. The largest absolute Gasteiger partial charge is 0.380 e. The summed E-state index contributed by atoms with van der Waals surface area (Å²) in [6.07, 6.45) is 8.81. The Morgan fingerprint density at radius 3 is 1.47 bits per heavy atom. The molecule has 11 N–H and O–H groups in total. The van der Waals surface area contributed by atoms with Gasteiger partial charge in [-0.15, -0.1) is 0 Å². The first-order valence-corrected chi connectivity index (χ1v) is 26.8. The van der Waals surface area contributed by atoms with E-state index < -0.39 is 17.8 Å². The molecule has 6 atom stereocenters. The maximum Gasteiger partial charge on any atom is 0.319 e. The van der Waals surface area contributed by atoms with Gasteiger partial charge >= 0.3 is 6.03 Å². The average Bonchev–Trinajstić information content (AvgIpc) is 4.10. The lowest BCUT2D eigenvalue weighted by Gasteiger charge is -2.14. The number of rotatable bonds is 36. The molecular formula is C47H75N11O10S2. The van der Waals surface area contributed by atoms with Crippen LogP contribution in [-0.4, -0.2) is 172 Å². The van der Waals surface area contributed by atoms with E-state index in [0.717, 1.165) is 50.0 Å². The Morgan fingerprint density at radius 1 is 0.571 bits per heavy atom. The molecule has 390 valence electrons. The number of nitrogens with one attached hydrogen (secondary N) is 7. The highest BCUT2D eigenvalue weighted by Gasteiger charge is 2.41. The standard InChI is InChI=1S/C47H75N11O10S2/c1-31(59)50-14-20-67-24-25-68-23-17-53-47(64)54-34-27-32(43(62)51-15-21-65-18-6-10-35(60)8-2-4-12-39-41-37(29-69-39)55-45(48)57-41)26-33(28-34)44(63)52-16-22-66-19-7-11-36(61)9-3-5-13-40-42-38(30-70-40)56-46(49)58-42/h26-28,37-42H,2-25,29-30H2,1H3,(H,50,59)(H,51,62)(H,52,63)(H3,48,55,57)(H3,49,56,58)(H2,53,54,64)/t37-,38-,39-,40-,41-,42-/m0/s1. The highest BCUT2D eigenvalue weighted by molar-refractivity contribution is 8.00. The fourth-order valence-corrected chi connectivity index (χ4v) is 11.5. The summed E-state index contributed by atoms with van der Waals surface area (Å²) >= 11 is 3.85. The minimum Gasteiger partial charge on any atom is -0.380 e. The number of hydrogen-bond acceptors (Lipinski definition) is 18. The van der Waals surface area contributed by atoms with Gasteiger partial charge in [-0.25, -0.2) is 14.8 Å². The number of hydrogen-bond donors (Lipinski definition) is 9. The van der Waals surface area contributed by atoms with Gasteiger partial charge in [0.2, 0.25) is 5.91 Å². The number of benzene rings is 1. The number of guanidine groups is 2. The maximum atomic E-state index is 13.3. The number of nitrogens with zero attached hydrogens (tertiary/aromatic N) is 2. The van der Waals surface area contributed by atoms with Gasteiger partial charge in [-0.1, -0.05) is 12.8 Å². The average molecular weight is 1020 g/mol. The lowest BCUT2D eigenvalue weighted by molar-refractivity contribution is -0.120. The molecule has 0 unspecified atom stereocenters. The number of fused-ring (bicyclic) bond motifs is 2. The summed E-state index contributed by atoms with van der Waals surface area (Å²) < 4.78 is 22.2. The third kappa shape index (κ3) is 21.0. The van der Waals surface area contributed by atoms with Crippen LogP contribution in [0.3, 0.4) is 0 Å². The van der Waals surface area contributed by atoms with Crippen LogP contribution in [0.2, 0.25) is 0 Å². The van der Waals surface area contributed by atoms with Gasteiger partial charge in [-0.3, -0.25) is 24.0 Å². The molecule has 0 saturated carbocycles. The number of urea groups is 1. The number of ether oxygens (including phenoxy) is 4. The SMILES string of the molecule is CC(=O)NCCOCCOCCNC(=O)Nc1cc(C(=O)NCCOCCCC(=O)CCCC[C@@H]2SC[C@@H]3NC(N)=N[C@@H]32)cc(C(=O)NCCOCCCC(=O)CCCC[C@@H]2SC[C@@H]3NC(N)=N[C@@H]32)c1. The van der Waals surface area contributed by atoms with Crippen LogP contribution >= 0.6 is 23.5 Å². The Bertz CT molecular complexity index is 1820. The van der Waals surface area contributed by atoms with Crippen LogP contribution in [0.4, 0.5) is 10.5 Å². The molecule has 0 bridgehead atoms. The molecule has 4 aliphatic heterocycles. The van der Waals surface area contributed by atoms with E-state index in [9.17, 15) is 28.8 Å². The van der Waals surface area contributed by atoms with Gasteiger partial charge in [0, 0.05) is 111 Å². The Kier molecular flexibility index (Phi) is 25.4. The van der Waals surface area contributed by atoms with Crippen LogP contribution in [0.1, 0.15) is 105 Å². The zero-order chi connectivity index (χ0) is 49.9. The van der Waals surface area contributed by atoms with Crippen molar-refractivity contribution in [2.75, 3.05) is 95.9 Å². The van der Waals surface area contributed by atoms with Crippen molar-refractivity contribution in [3.63, 3.8) is 0 Å². The summed E-state index contributed by atoms with van der Waals surface area (Å²) in [5, 5.41) is 21.0. The van der Waals surface area contributed by atoms with Crippen LogP contribution in [0.15, 0.2) is 28.2 Å². The molecule has 1 aromatic carbocycles. The summed E-state index contributed by atoms with van der Waals surface area (Å²) in [7, 11) is 0. The lowest BCUT2D eigenvalue weighted by atomic mass is 10.0. The van der Waals surface area contributed by atoms with Crippen molar-refractivity contribution in [2.45, 2.75) is 119 Å². The van der Waals surface area contributed by atoms with E-state index in [2.05, 4.69) is 47.2 Å². The maximum absolute atomic E-state index is 13.3. The molecule has 0 aromatic heterocycles. The minimum atomic E-state index is -0.564. The van der Waals surface area contributed by atoms with Gasteiger partial charge < -0.3 is 67.6 Å². The Hall–Kier alpha value is -4.68. The molecule has 4 aliphatic rings. The van der Waals surface area contributed by atoms with E-state index in [4.69, 9.17) is 30.4 Å². The third-order valence-corrected chi connectivity index (χ3v) is 15.0. The number of amides is 5. The summed E-state index contributed by atoms with van der Waals surface area (Å²) in [4.78, 5) is 84.3. The number of anilines is 1. The number of nitrogens with two attached hydrogens (primary N) is 2. The fourth-order valence-electron chi connectivity index (χ4n) is 8.46. The first-order valence-electron chi connectivity index (χ1n) is 24.7. The van der Waals surface area contributed by atoms with Crippen molar-refractivity contribution < 1.29 is 47.7 Å². The summed E-state index contributed by atoms with van der Waals surface area (Å²) in [5.41, 5.74) is 12.2. The molecule has 1 aromatic rings. The molecule has 23 heteroatoms. The molecule has 0 aliphatic carbocycles. The van der Waals surface area contributed by atoms with Crippen molar-refractivity contribution in [3.8, 4) is 0 Å². The number of thioether (sulfide) groups is 2. The van der Waals surface area contributed by atoms with Crippen LogP contribution in [0, 0.1) is 0 Å². The molecular weight excluding hydrogens is 943 g/mol. The monoisotopic (exact) mass is 1020 g/mol. The Balaban J connectivity index is 0.957. The number of ketones is 2. The van der Waals surface area contributed by atoms with E-state index in [1.165, 1.54) is 25.1 Å². The molecule has 21 nitrogen and oxygen atoms in total. The van der Waals surface area contributed by atoms with E-state index >= 15 is 0 Å². The van der Waals surface area contributed by atoms with Gasteiger partial charge in [-0.2, -0.15) is 23.5 Å². The van der Waals surface area contributed by atoms with Crippen LogP contribution in [0.25, 0.3) is 0 Å². The zero-order valence-electron chi connectivity index (χ0n) is 40.5. The first kappa shape index (κ1) is 56.2. The Morgan fingerprint density at radius 2 is 1.00 bits per heavy atom. The second-order valence-electron chi connectivity index (χ2n) is 17.7. The van der Waals surface area contributed by atoms with E-state index in [0.29, 0.717) is 113 Å². The minimum absolute atomic E-state index is 0.130. The molecule has 0 spiro atoms. The quantitative estimate of drug-likeness (QED) is 0.0433. The summed E-state index contributed by atoms with van der Waals surface area (Å²) in [6.45, 7) is 4.80. The van der Waals surface area contributed by atoms with Gasteiger partial charge in [0.05, 0.1) is 63.8 Å². The highest BCUT2D eigenvalue weighted by atomic mass is 32.2. The van der Waals surface area contributed by atoms with Crippen molar-refractivity contribution in [2.24, 2.45) is 21.5 Å². The first-order chi connectivity index (χ1) is 33.9. The van der Waals surface area contributed by atoms with Gasteiger partial charge in [0.1, 0.15) is 11.6 Å². The second kappa shape index (κ2) is 31.6. The number of Topliss-reactive ketones (excluding diaryl/α,β-unsaturated/α-hetero) is 2. The van der Waals surface area contributed by atoms with Crippen LogP contribution < -0.4 is 48.7 Å². The number of carbonyl (C=O) groups is 6. The highest BCUT2D eigenvalue weighted by Crippen LogP contribution is 2.36. The molecule has 2 fully saturated rings. The van der Waals surface area contributed by atoms with Gasteiger partial charge in [0.15, 0.2) is 11.9 Å². The molecule has 2 saturated heterocycles. The van der Waals surface area contributed by atoms with Gasteiger partial charge in [-0.05, 0) is 56.7 Å². The van der Waals surface area contributed by atoms with Gasteiger partial charge in [0.25, 0.3) is 11.8 Å². The molecule has 4 heterocycles. The number of unbranched alkanes of at least 4 members (excludes halogenated alkanes) is 2. The van der Waals surface area contributed by atoms with Crippen LogP contribution in [0.5, 0.6) is 0 Å². The topological polar surface area (TPSA) is 300 Å². The Labute approximate surface area is 419 Å². The summed E-state index contributed by atoms with van der Waals surface area (Å²) in [5.74, 6) is 2.43. The van der Waals surface area contributed by atoms with E-state index in [-0.39, 0.29) is 85.8 Å². The molecule has 70 heavy (non-hydrogen) atoms. The normalized spacial score (nSPS) is 20.9. The van der Waals surface area contributed by atoms with Crippen molar-refractivity contribution in [3.05, 3.63) is 29.3 Å². The number of aliphatic imine (C=N–C) groups is 2. The third-order valence-electron chi connectivity index (χ3n) is 12.0. The second-order valence-corrected chi connectivity index (χ2v) is 20.2. The van der Waals surface area contributed by atoms with Crippen molar-refractivity contribution in [1.82, 2.24) is 31.9 Å². The molecule has 5 rings (SSSR count). The predicted molar refractivity (Wildman–Crippen MR) is 273 cm³/mol. The smallest absolute Gasteiger partial charge is 0.319 e. The zero-order valence-corrected chi connectivity index (χ0v) is 42.2. The van der Waals surface area contributed by atoms with Crippen molar-refractivity contribution in [1.29, 1.82) is 0 Å². The van der Waals surface area contributed by atoms with E-state index in [1.54, 1.807) is 0 Å². The predicted octanol–water partition coefficient (Wildman–Crippen LogP) is 1.83. The molecule has 0 radical (unpaired) electrons. The van der Waals surface area contributed by atoms with Crippen LogP contribution in [-0.2, 0) is 33.3 Å². The van der Waals surface area contributed by atoms with Crippen molar-refractivity contribution >= 4 is 76.4 Å². The fraction of sp³-hybridized carbons (Fsp3) is 0.702. The van der Waals surface area contributed by atoms with E-state index in [1.807, 2.05) is 23.5 Å². The summed E-state index contributed by atoms with van der Waals surface area (Å²) in [6, 6.07) is 4.95. The number of carbonyl (C=O) groups excluding carboxylic acids is 6.